The molecule has 1 aromatic rings. The van der Waals surface area contributed by atoms with Crippen LogP contribution in [0.4, 0.5) is 0 Å². The molecule has 0 spiro atoms. The molecular formula is C15H13N3O4. The zero-order valence-corrected chi connectivity index (χ0v) is 11.5. The highest BCUT2D eigenvalue weighted by Gasteiger charge is 2.28. The minimum atomic E-state index is -0.640. The van der Waals surface area contributed by atoms with Crippen LogP contribution >= 0.6 is 0 Å². The van der Waals surface area contributed by atoms with Crippen molar-refractivity contribution in [2.75, 3.05) is 13.1 Å². The molecule has 0 aliphatic carbocycles. The molecule has 1 saturated heterocycles. The second kappa shape index (κ2) is 6.56. The largest absolute Gasteiger partial charge is 0.342 e. The Morgan fingerprint density at radius 3 is 2.68 bits per heavy atom. The first kappa shape index (κ1) is 15.3. The first-order chi connectivity index (χ1) is 10.6. The topological polar surface area (TPSA) is 98.7 Å². The van der Waals surface area contributed by atoms with Gasteiger partial charge in [-0.15, -0.1) is 6.42 Å². The molecule has 0 saturated carbocycles. The van der Waals surface area contributed by atoms with Gasteiger partial charge in [0.2, 0.25) is 5.91 Å². The lowest BCUT2D eigenvalue weighted by molar-refractivity contribution is -0.135. The van der Waals surface area contributed by atoms with Gasteiger partial charge in [-0.2, -0.15) is 0 Å². The molecule has 1 aliphatic heterocycles. The van der Waals surface area contributed by atoms with Crippen LogP contribution in [0, 0.1) is 12.3 Å². The predicted molar refractivity (Wildman–Crippen MR) is 77.2 cm³/mol. The summed E-state index contributed by atoms with van der Waals surface area (Å²) in [6, 6.07) is 6.12. The number of nitrogens with zero attached hydrogens (tertiary/aromatic N) is 1. The molecule has 0 aromatic heterocycles. The van der Waals surface area contributed by atoms with Gasteiger partial charge >= 0.3 is 0 Å². The molecule has 3 amide bonds. The Balaban J connectivity index is 2.32. The first-order valence-electron chi connectivity index (χ1n) is 6.35. The lowest BCUT2D eigenvalue weighted by Crippen LogP contribution is -2.49. The summed E-state index contributed by atoms with van der Waals surface area (Å²) in [6.07, 6.45) is 6.72. The molecule has 22 heavy (non-hydrogen) atoms. The summed E-state index contributed by atoms with van der Waals surface area (Å²) in [6.45, 7) is -0.0868. The highest BCUT2D eigenvalue weighted by Crippen LogP contribution is 2.15. The van der Waals surface area contributed by atoms with Crippen molar-refractivity contribution in [1.82, 2.24) is 15.7 Å². The van der Waals surface area contributed by atoms with Crippen LogP contribution in [-0.2, 0) is 9.59 Å². The lowest BCUT2D eigenvalue weighted by Gasteiger charge is -2.27. The summed E-state index contributed by atoms with van der Waals surface area (Å²) < 4.78 is 0. The van der Waals surface area contributed by atoms with E-state index >= 15 is 0 Å². The van der Waals surface area contributed by atoms with Gasteiger partial charge in [-0.1, -0.05) is 18.1 Å². The number of terminal acetylenes is 1. The third kappa shape index (κ3) is 3.13. The smallest absolute Gasteiger partial charge is 0.274 e. The van der Waals surface area contributed by atoms with Crippen LogP contribution in [0.5, 0.6) is 0 Å². The van der Waals surface area contributed by atoms with Crippen LogP contribution in [0.2, 0.25) is 0 Å². The highest BCUT2D eigenvalue weighted by molar-refractivity contribution is 6.06. The van der Waals surface area contributed by atoms with Gasteiger partial charge < -0.3 is 5.32 Å². The first-order valence-corrected chi connectivity index (χ1v) is 6.35. The fraction of sp³-hybridized carbons (Fsp3) is 0.133. The van der Waals surface area contributed by atoms with Gasteiger partial charge in [-0.25, -0.2) is 5.48 Å². The maximum atomic E-state index is 11.9. The van der Waals surface area contributed by atoms with E-state index in [1.54, 1.807) is 12.1 Å². The van der Waals surface area contributed by atoms with Gasteiger partial charge in [0.15, 0.2) is 0 Å². The standard InChI is InChI=1S/C15H13N3O4/c1-2-7-18-12(15(21)16-9-13(18)19)8-10-3-5-11(6-4-10)14(20)17-22/h1,3-6,8,22H,7,9H2,(H,16,21)(H,17,20)/b12-8-. The Morgan fingerprint density at radius 1 is 1.41 bits per heavy atom. The van der Waals surface area contributed by atoms with Gasteiger partial charge in [-0.3, -0.25) is 24.5 Å². The van der Waals surface area contributed by atoms with Gasteiger partial charge in [0.05, 0.1) is 13.1 Å². The van der Waals surface area contributed by atoms with Crippen molar-refractivity contribution in [3.8, 4) is 12.3 Å². The van der Waals surface area contributed by atoms with E-state index in [4.69, 9.17) is 11.6 Å². The molecule has 1 aromatic carbocycles. The fourth-order valence-corrected chi connectivity index (χ4v) is 1.96. The Labute approximate surface area is 126 Å². The monoisotopic (exact) mass is 299 g/mol. The summed E-state index contributed by atoms with van der Waals surface area (Å²) in [5.41, 5.74) is 2.54. The Morgan fingerprint density at radius 2 is 2.09 bits per heavy atom. The van der Waals surface area contributed by atoms with Crippen LogP contribution in [-0.4, -0.2) is 40.9 Å². The zero-order chi connectivity index (χ0) is 16.1. The number of hydrogen-bond acceptors (Lipinski definition) is 4. The van der Waals surface area contributed by atoms with Gasteiger partial charge in [0, 0.05) is 5.56 Å². The number of hydroxylamine groups is 1. The average molecular weight is 299 g/mol. The van der Waals surface area contributed by atoms with E-state index < -0.39 is 11.8 Å². The van der Waals surface area contributed by atoms with E-state index in [1.165, 1.54) is 28.6 Å². The molecule has 1 aliphatic rings. The fourth-order valence-electron chi connectivity index (χ4n) is 1.96. The number of hydrogen-bond donors (Lipinski definition) is 3. The summed E-state index contributed by atoms with van der Waals surface area (Å²) >= 11 is 0. The Bertz CT molecular complexity index is 686. The quantitative estimate of drug-likeness (QED) is 0.310. The normalized spacial score (nSPS) is 16.2. The zero-order valence-electron chi connectivity index (χ0n) is 11.5. The van der Waals surface area contributed by atoms with Crippen molar-refractivity contribution >= 4 is 23.8 Å². The van der Waals surface area contributed by atoms with Crippen LogP contribution in [0.1, 0.15) is 15.9 Å². The second-order valence-electron chi connectivity index (χ2n) is 4.46. The van der Waals surface area contributed by atoms with Gasteiger partial charge in [0.1, 0.15) is 5.70 Å². The lowest BCUT2D eigenvalue weighted by atomic mass is 10.1. The molecule has 0 radical (unpaired) electrons. The number of carbonyl (C=O) groups excluding carboxylic acids is 3. The Hall–Kier alpha value is -3.11. The average Bonchev–Trinajstić information content (AvgIpc) is 2.54. The van der Waals surface area contributed by atoms with Crippen molar-refractivity contribution in [3.63, 3.8) is 0 Å². The molecule has 112 valence electrons. The van der Waals surface area contributed by atoms with E-state index in [0.717, 1.165) is 0 Å². The van der Waals surface area contributed by atoms with Crippen molar-refractivity contribution in [2.24, 2.45) is 0 Å². The van der Waals surface area contributed by atoms with E-state index in [1.807, 2.05) is 0 Å². The minimum Gasteiger partial charge on any atom is -0.342 e. The minimum absolute atomic E-state index is 0.00306. The van der Waals surface area contributed by atoms with Crippen molar-refractivity contribution in [1.29, 1.82) is 0 Å². The molecule has 7 heteroatoms. The van der Waals surface area contributed by atoms with Crippen molar-refractivity contribution in [3.05, 3.63) is 41.1 Å². The third-order valence-electron chi connectivity index (χ3n) is 3.05. The van der Waals surface area contributed by atoms with Crippen molar-refractivity contribution in [2.45, 2.75) is 0 Å². The highest BCUT2D eigenvalue weighted by atomic mass is 16.5. The number of nitrogens with one attached hydrogen (secondary N) is 2. The molecule has 2 rings (SSSR count). The number of carbonyl (C=O) groups is 3. The van der Waals surface area contributed by atoms with Gasteiger partial charge in [0.25, 0.3) is 11.8 Å². The van der Waals surface area contributed by atoms with E-state index in [9.17, 15) is 14.4 Å². The maximum Gasteiger partial charge on any atom is 0.274 e. The van der Waals surface area contributed by atoms with Gasteiger partial charge in [-0.05, 0) is 23.8 Å². The number of piperazine rings is 1. The van der Waals surface area contributed by atoms with E-state index in [-0.39, 0.29) is 30.3 Å². The SMILES string of the molecule is C#CCN1C(=O)CNC(=O)/C1=C/c1ccc(C(=O)NO)cc1. The van der Waals surface area contributed by atoms with Crippen LogP contribution < -0.4 is 10.8 Å². The molecule has 0 atom stereocenters. The summed E-state index contributed by atoms with van der Waals surface area (Å²) in [7, 11) is 0. The second-order valence-corrected chi connectivity index (χ2v) is 4.46. The van der Waals surface area contributed by atoms with Crippen molar-refractivity contribution < 1.29 is 19.6 Å². The summed E-state index contributed by atoms with van der Waals surface area (Å²) in [4.78, 5) is 36.2. The van der Waals surface area contributed by atoms with E-state index in [2.05, 4.69) is 11.2 Å². The van der Waals surface area contributed by atoms with Crippen LogP contribution in [0.3, 0.4) is 0 Å². The summed E-state index contributed by atoms with van der Waals surface area (Å²) in [5.74, 6) is 1.01. The number of benzene rings is 1. The summed E-state index contributed by atoms with van der Waals surface area (Å²) in [5, 5.41) is 11.0. The maximum absolute atomic E-state index is 11.9. The molecule has 7 nitrogen and oxygen atoms in total. The molecule has 1 heterocycles. The third-order valence-corrected chi connectivity index (χ3v) is 3.05. The number of rotatable bonds is 3. The van der Waals surface area contributed by atoms with Crippen LogP contribution in [0.25, 0.3) is 6.08 Å². The molecule has 0 unspecified atom stereocenters. The molecule has 1 fully saturated rings. The van der Waals surface area contributed by atoms with Crippen LogP contribution in [0.15, 0.2) is 30.0 Å². The molecular weight excluding hydrogens is 286 g/mol. The van der Waals surface area contributed by atoms with E-state index in [0.29, 0.717) is 5.56 Å². The Kier molecular flexibility index (Phi) is 4.56. The number of amides is 3. The predicted octanol–water partition coefficient (Wildman–Crippen LogP) is -0.262. The molecule has 3 N–H and O–H groups in total. The molecule has 0 bridgehead atoms.